The van der Waals surface area contributed by atoms with Crippen molar-refractivity contribution >= 4 is 6.09 Å². The maximum atomic E-state index is 11.9. The predicted octanol–water partition coefficient (Wildman–Crippen LogP) is 2.63. The van der Waals surface area contributed by atoms with Crippen molar-refractivity contribution in [3.8, 4) is 0 Å². The Labute approximate surface area is 134 Å². The van der Waals surface area contributed by atoms with E-state index in [1.807, 2.05) is 0 Å². The highest BCUT2D eigenvalue weighted by Crippen LogP contribution is 2.10. The van der Waals surface area contributed by atoms with E-state index in [2.05, 4.69) is 5.32 Å². The normalized spacial score (nSPS) is 21.0. The van der Waals surface area contributed by atoms with Crippen molar-refractivity contribution in [2.24, 2.45) is 0 Å². The van der Waals surface area contributed by atoms with Gasteiger partial charge in [0, 0.05) is 0 Å². The minimum absolute atomic E-state index is 0.163. The molecule has 5 nitrogen and oxygen atoms in total. The summed E-state index contributed by atoms with van der Waals surface area (Å²) in [6.45, 7) is 6.18. The lowest BCUT2D eigenvalue weighted by atomic mass is 10.1. The summed E-state index contributed by atoms with van der Waals surface area (Å²) in [5, 5.41) is 12.0. The molecule has 1 aliphatic heterocycles. The van der Waals surface area contributed by atoms with Crippen molar-refractivity contribution in [2.45, 2.75) is 44.9 Å². The number of hydrogen-bond acceptors (Lipinski definition) is 4. The summed E-state index contributed by atoms with van der Waals surface area (Å²) >= 11 is 0. The lowest BCUT2D eigenvalue weighted by Gasteiger charge is -2.28. The molecule has 23 heavy (non-hydrogen) atoms. The molecule has 1 saturated heterocycles. The fourth-order valence-electron chi connectivity index (χ4n) is 1.82. The second-order valence-electron chi connectivity index (χ2n) is 6.21. The number of aliphatic hydroxyl groups excluding tert-OH is 1. The molecule has 2 N–H and O–H groups in total. The van der Waals surface area contributed by atoms with E-state index < -0.39 is 29.4 Å². The topological polar surface area (TPSA) is 67.8 Å². The van der Waals surface area contributed by atoms with Gasteiger partial charge in [-0.2, -0.15) is 0 Å². The van der Waals surface area contributed by atoms with Gasteiger partial charge in [-0.15, -0.1) is 0 Å². The zero-order chi connectivity index (χ0) is 17.5. The third kappa shape index (κ3) is 9.10. The monoisotopic (exact) mass is 331 g/mol. The molecule has 130 valence electrons. The number of aliphatic hydroxyl groups is 1. The number of alkyl carbamates (subject to hydrolysis) is 1. The van der Waals surface area contributed by atoms with Gasteiger partial charge in [-0.3, -0.25) is 0 Å². The number of rotatable bonds is 1. The van der Waals surface area contributed by atoms with Crippen molar-refractivity contribution in [3.05, 3.63) is 35.9 Å². The average Bonchev–Trinajstić information content (AvgIpc) is 2.40. The second kappa shape index (κ2) is 8.79. The molecule has 1 aromatic rings. The van der Waals surface area contributed by atoms with Crippen molar-refractivity contribution in [3.63, 3.8) is 0 Å². The number of carbonyl (C=O) groups excluding carboxylic acids is 1. The maximum Gasteiger partial charge on any atom is 0.407 e. The zero-order valence-electron chi connectivity index (χ0n) is 13.5. The number of benzene rings is 1. The van der Waals surface area contributed by atoms with E-state index in [0.29, 0.717) is 19.6 Å². The quantitative estimate of drug-likeness (QED) is 0.830. The number of hydrogen-bond donors (Lipinski definition) is 2. The van der Waals surface area contributed by atoms with Crippen LogP contribution in [-0.2, 0) is 9.47 Å². The molecule has 1 aromatic carbocycles. The van der Waals surface area contributed by atoms with Crippen LogP contribution in [0.5, 0.6) is 0 Å². The van der Waals surface area contributed by atoms with Crippen molar-refractivity contribution in [1.29, 1.82) is 0 Å². The molecule has 7 heteroatoms. The van der Waals surface area contributed by atoms with Gasteiger partial charge < -0.3 is 19.9 Å². The highest BCUT2D eigenvalue weighted by Gasteiger charge is 2.24. The Morgan fingerprint density at radius 3 is 2.17 bits per heavy atom. The van der Waals surface area contributed by atoms with Crippen LogP contribution in [-0.4, -0.2) is 42.2 Å². The number of nitrogens with one attached hydrogen (secondary N) is 1. The largest absolute Gasteiger partial charge is 0.444 e. The second-order valence-corrected chi connectivity index (χ2v) is 6.21. The van der Waals surface area contributed by atoms with Gasteiger partial charge in [0.15, 0.2) is 0 Å². The molecule has 2 atom stereocenters. The molecular formula is C16H23F2NO4. The summed E-state index contributed by atoms with van der Waals surface area (Å²) in [6, 6.07) is 4.15. The van der Waals surface area contributed by atoms with Gasteiger partial charge in [-0.1, -0.05) is 0 Å². The molecule has 0 saturated carbocycles. The van der Waals surface area contributed by atoms with E-state index >= 15 is 0 Å². The summed E-state index contributed by atoms with van der Waals surface area (Å²) in [7, 11) is 0. The molecule has 0 aromatic heterocycles. The van der Waals surface area contributed by atoms with Gasteiger partial charge in [0.25, 0.3) is 0 Å². The van der Waals surface area contributed by atoms with Crippen LogP contribution >= 0.6 is 0 Å². The summed E-state index contributed by atoms with van der Waals surface area (Å²) in [4.78, 5) is 11.4. The Balaban J connectivity index is 0.000000277. The standard InChI is InChI=1S/C10H19NO4.C6H4F2/c1-10(2,3)15-9(13)11-7-4-8(12)6-14-5-7;7-5-1-2-6(8)4-3-5/h7-8,12H,4-6H2,1-3H3,(H,11,13);1-4H. The van der Waals surface area contributed by atoms with Gasteiger partial charge >= 0.3 is 6.09 Å². The van der Waals surface area contributed by atoms with Crippen molar-refractivity contribution < 1.29 is 28.2 Å². The first-order valence-electron chi connectivity index (χ1n) is 7.32. The van der Waals surface area contributed by atoms with Crippen LogP contribution in [0.25, 0.3) is 0 Å². The fourth-order valence-corrected chi connectivity index (χ4v) is 1.82. The number of carbonyl (C=O) groups is 1. The highest BCUT2D eigenvalue weighted by molar-refractivity contribution is 5.68. The Bertz CT molecular complexity index is 467. The maximum absolute atomic E-state index is 11.9. The molecule has 0 spiro atoms. The van der Waals surface area contributed by atoms with E-state index in [1.165, 1.54) is 0 Å². The van der Waals surface area contributed by atoms with Crippen LogP contribution in [0.2, 0.25) is 0 Å². The molecule has 1 fully saturated rings. The predicted molar refractivity (Wildman–Crippen MR) is 81.0 cm³/mol. The molecule has 2 rings (SSSR count). The van der Waals surface area contributed by atoms with E-state index in [4.69, 9.17) is 9.47 Å². The molecule has 2 unspecified atom stereocenters. The Morgan fingerprint density at radius 1 is 1.22 bits per heavy atom. The third-order valence-electron chi connectivity index (χ3n) is 2.71. The summed E-state index contributed by atoms with van der Waals surface area (Å²) in [6.07, 6.45) is -0.455. The Hall–Kier alpha value is -1.73. The third-order valence-corrected chi connectivity index (χ3v) is 2.71. The van der Waals surface area contributed by atoms with Gasteiger partial charge in [0.2, 0.25) is 0 Å². The molecule has 0 radical (unpaired) electrons. The summed E-state index contributed by atoms with van der Waals surface area (Å²) in [5.74, 6) is -0.821. The van der Waals surface area contributed by atoms with Gasteiger partial charge in [-0.05, 0) is 51.5 Å². The van der Waals surface area contributed by atoms with E-state index in [0.717, 1.165) is 24.3 Å². The smallest absolute Gasteiger partial charge is 0.407 e. The SMILES string of the molecule is CC(C)(C)OC(=O)NC1COCC(O)C1.Fc1ccc(F)cc1. The first-order valence-corrected chi connectivity index (χ1v) is 7.32. The molecule has 1 aliphatic rings. The fraction of sp³-hybridized carbons (Fsp3) is 0.562. The van der Waals surface area contributed by atoms with Crippen LogP contribution in [0.1, 0.15) is 27.2 Å². The van der Waals surface area contributed by atoms with Crippen LogP contribution in [0, 0.1) is 11.6 Å². The molecular weight excluding hydrogens is 308 g/mol. The molecule has 1 heterocycles. The zero-order valence-corrected chi connectivity index (χ0v) is 13.5. The lowest BCUT2D eigenvalue weighted by molar-refractivity contribution is -0.0258. The molecule has 0 aliphatic carbocycles. The van der Waals surface area contributed by atoms with Gasteiger partial charge in [-0.25, -0.2) is 13.6 Å². The summed E-state index contributed by atoms with van der Waals surface area (Å²) < 4.78 is 34.0. The Kier molecular flexibility index (Phi) is 7.38. The average molecular weight is 331 g/mol. The lowest BCUT2D eigenvalue weighted by Crippen LogP contribution is -2.46. The molecule has 0 bridgehead atoms. The van der Waals surface area contributed by atoms with Crippen molar-refractivity contribution in [1.82, 2.24) is 5.32 Å². The Morgan fingerprint density at radius 2 is 1.74 bits per heavy atom. The minimum Gasteiger partial charge on any atom is -0.444 e. The first kappa shape index (κ1) is 19.3. The number of ether oxygens (including phenoxy) is 2. The van der Waals surface area contributed by atoms with Gasteiger partial charge in [0.1, 0.15) is 17.2 Å². The highest BCUT2D eigenvalue weighted by atomic mass is 19.1. The van der Waals surface area contributed by atoms with Crippen LogP contribution < -0.4 is 5.32 Å². The minimum atomic E-state index is -0.502. The molecule has 1 amide bonds. The van der Waals surface area contributed by atoms with E-state index in [1.54, 1.807) is 20.8 Å². The summed E-state index contributed by atoms with van der Waals surface area (Å²) in [5.41, 5.74) is -0.502. The van der Waals surface area contributed by atoms with E-state index in [9.17, 15) is 18.7 Å². The van der Waals surface area contributed by atoms with Crippen molar-refractivity contribution in [2.75, 3.05) is 13.2 Å². The number of amides is 1. The van der Waals surface area contributed by atoms with Crippen LogP contribution in [0.15, 0.2) is 24.3 Å². The van der Waals surface area contributed by atoms with Crippen LogP contribution in [0.4, 0.5) is 13.6 Å². The number of halogens is 2. The van der Waals surface area contributed by atoms with Gasteiger partial charge in [0.05, 0.1) is 25.4 Å². The van der Waals surface area contributed by atoms with Crippen LogP contribution in [0.3, 0.4) is 0 Å². The van der Waals surface area contributed by atoms with E-state index in [-0.39, 0.29) is 6.04 Å². The first-order chi connectivity index (χ1) is 10.7.